The number of hydrogen-bond acceptors (Lipinski definition) is 1. The Hall–Kier alpha value is -0.830. The zero-order valence-corrected chi connectivity index (χ0v) is 9.67. The third-order valence-corrected chi connectivity index (χ3v) is 2.77. The maximum atomic E-state index is 10.6. The molecule has 1 rings (SSSR count). The number of alkyl halides is 1. The summed E-state index contributed by atoms with van der Waals surface area (Å²) in [7, 11) is 0. The predicted octanol–water partition coefficient (Wildman–Crippen LogP) is 2.77. The summed E-state index contributed by atoms with van der Waals surface area (Å²) in [4.78, 5) is 10.6. The van der Waals surface area contributed by atoms with Gasteiger partial charge in [-0.05, 0) is 23.1 Å². The Kier molecular flexibility index (Phi) is 4.14. The van der Waals surface area contributed by atoms with E-state index in [1.54, 1.807) is 0 Å². The molecule has 0 spiro atoms. The second-order valence-electron chi connectivity index (χ2n) is 3.16. The number of carbonyl (C=O) groups is 1. The molecule has 0 atom stereocenters. The molecule has 0 unspecified atom stereocenters. The molecule has 0 amide bonds. The standard InChI is InChI=1S/C11H13BrO2/c1-2-8-3-4-9(7-12)10(5-8)6-11(13)14/h3-5H,2,6-7H2,1H3,(H,13,14). The number of hydrogen-bond donors (Lipinski definition) is 1. The van der Waals surface area contributed by atoms with Gasteiger partial charge in [0.2, 0.25) is 0 Å². The van der Waals surface area contributed by atoms with Crippen molar-refractivity contribution in [2.75, 3.05) is 0 Å². The molecule has 14 heavy (non-hydrogen) atoms. The summed E-state index contributed by atoms with van der Waals surface area (Å²) in [6.07, 6.45) is 1.05. The summed E-state index contributed by atoms with van der Waals surface area (Å²) in [6, 6.07) is 6.01. The van der Waals surface area contributed by atoms with Crippen molar-refractivity contribution in [1.82, 2.24) is 0 Å². The van der Waals surface area contributed by atoms with E-state index in [-0.39, 0.29) is 6.42 Å². The molecule has 3 heteroatoms. The Morgan fingerprint density at radius 1 is 1.43 bits per heavy atom. The Labute approximate surface area is 92.1 Å². The van der Waals surface area contributed by atoms with Crippen LogP contribution in [0.15, 0.2) is 18.2 Å². The molecule has 1 N–H and O–H groups in total. The average molecular weight is 257 g/mol. The summed E-state index contributed by atoms with van der Waals surface area (Å²) < 4.78 is 0. The van der Waals surface area contributed by atoms with Crippen molar-refractivity contribution in [2.45, 2.75) is 25.1 Å². The highest BCUT2D eigenvalue weighted by atomic mass is 79.9. The normalized spacial score (nSPS) is 10.1. The minimum absolute atomic E-state index is 0.106. The minimum atomic E-state index is -0.777. The highest BCUT2D eigenvalue weighted by molar-refractivity contribution is 9.08. The van der Waals surface area contributed by atoms with Crippen molar-refractivity contribution >= 4 is 21.9 Å². The average Bonchev–Trinajstić information content (AvgIpc) is 2.16. The van der Waals surface area contributed by atoms with Gasteiger partial charge in [0.1, 0.15) is 0 Å². The molecule has 0 saturated carbocycles. The Morgan fingerprint density at radius 3 is 2.64 bits per heavy atom. The highest BCUT2D eigenvalue weighted by Crippen LogP contribution is 2.16. The number of benzene rings is 1. The molecule has 1 aromatic rings. The van der Waals surface area contributed by atoms with Gasteiger partial charge in [0.05, 0.1) is 6.42 Å². The Balaban J connectivity index is 3.01. The summed E-state index contributed by atoms with van der Waals surface area (Å²) in [5.41, 5.74) is 3.16. The van der Waals surface area contributed by atoms with Crippen LogP contribution in [0.3, 0.4) is 0 Å². The lowest BCUT2D eigenvalue weighted by atomic mass is 10.0. The molecule has 1 aromatic carbocycles. The number of aryl methyl sites for hydroxylation is 1. The van der Waals surface area contributed by atoms with Gasteiger partial charge in [-0.1, -0.05) is 41.1 Å². The lowest BCUT2D eigenvalue weighted by Gasteiger charge is -2.06. The zero-order chi connectivity index (χ0) is 10.6. The minimum Gasteiger partial charge on any atom is -0.481 e. The van der Waals surface area contributed by atoms with Crippen LogP contribution >= 0.6 is 15.9 Å². The quantitative estimate of drug-likeness (QED) is 0.842. The van der Waals surface area contributed by atoms with Gasteiger partial charge >= 0.3 is 5.97 Å². The lowest BCUT2D eigenvalue weighted by Crippen LogP contribution is -2.03. The lowest BCUT2D eigenvalue weighted by molar-refractivity contribution is -0.136. The molecule has 0 heterocycles. The van der Waals surface area contributed by atoms with Crippen molar-refractivity contribution in [3.05, 3.63) is 34.9 Å². The molecule has 0 bridgehead atoms. The van der Waals surface area contributed by atoms with E-state index in [2.05, 4.69) is 22.9 Å². The molecule has 0 fully saturated rings. The Morgan fingerprint density at radius 2 is 2.14 bits per heavy atom. The van der Waals surface area contributed by atoms with E-state index in [0.29, 0.717) is 5.33 Å². The SMILES string of the molecule is CCc1ccc(CBr)c(CC(=O)O)c1. The second-order valence-corrected chi connectivity index (χ2v) is 3.72. The van der Waals surface area contributed by atoms with Crippen LogP contribution in [0.2, 0.25) is 0 Å². The van der Waals surface area contributed by atoms with Gasteiger partial charge in [-0.3, -0.25) is 4.79 Å². The number of carboxylic acids is 1. The summed E-state index contributed by atoms with van der Waals surface area (Å²) in [5, 5.41) is 9.44. The molecular formula is C11H13BrO2. The smallest absolute Gasteiger partial charge is 0.307 e. The van der Waals surface area contributed by atoms with Gasteiger partial charge < -0.3 is 5.11 Å². The molecule has 76 valence electrons. The van der Waals surface area contributed by atoms with Crippen molar-refractivity contribution in [2.24, 2.45) is 0 Å². The number of carboxylic acid groups (broad SMARTS) is 1. The van der Waals surface area contributed by atoms with E-state index in [4.69, 9.17) is 5.11 Å². The van der Waals surface area contributed by atoms with Gasteiger partial charge in [0, 0.05) is 5.33 Å². The molecule has 0 saturated heterocycles. The van der Waals surface area contributed by atoms with Gasteiger partial charge in [-0.2, -0.15) is 0 Å². The molecule has 0 aliphatic heterocycles. The molecule has 0 aromatic heterocycles. The predicted molar refractivity (Wildman–Crippen MR) is 59.8 cm³/mol. The van der Waals surface area contributed by atoms with E-state index in [1.807, 2.05) is 18.2 Å². The van der Waals surface area contributed by atoms with E-state index < -0.39 is 5.97 Å². The van der Waals surface area contributed by atoms with Crippen molar-refractivity contribution in [3.8, 4) is 0 Å². The summed E-state index contributed by atoms with van der Waals surface area (Å²) in [6.45, 7) is 2.06. The van der Waals surface area contributed by atoms with Crippen LogP contribution in [-0.2, 0) is 23.0 Å². The summed E-state index contributed by atoms with van der Waals surface area (Å²) >= 11 is 3.35. The topological polar surface area (TPSA) is 37.3 Å². The molecular weight excluding hydrogens is 244 g/mol. The molecule has 0 aliphatic rings. The zero-order valence-electron chi connectivity index (χ0n) is 8.09. The fraction of sp³-hybridized carbons (Fsp3) is 0.364. The van der Waals surface area contributed by atoms with Crippen molar-refractivity contribution in [1.29, 1.82) is 0 Å². The van der Waals surface area contributed by atoms with Crippen LogP contribution in [0.4, 0.5) is 0 Å². The third-order valence-electron chi connectivity index (χ3n) is 2.16. The van der Waals surface area contributed by atoms with Crippen LogP contribution < -0.4 is 0 Å². The number of halogens is 1. The van der Waals surface area contributed by atoms with E-state index >= 15 is 0 Å². The highest BCUT2D eigenvalue weighted by Gasteiger charge is 2.06. The van der Waals surface area contributed by atoms with Gasteiger partial charge in [-0.25, -0.2) is 0 Å². The molecule has 0 aliphatic carbocycles. The van der Waals surface area contributed by atoms with Crippen LogP contribution in [0.1, 0.15) is 23.6 Å². The number of rotatable bonds is 4. The molecule has 0 radical (unpaired) electrons. The van der Waals surface area contributed by atoms with Crippen LogP contribution in [-0.4, -0.2) is 11.1 Å². The largest absolute Gasteiger partial charge is 0.481 e. The van der Waals surface area contributed by atoms with Gasteiger partial charge in [-0.15, -0.1) is 0 Å². The molecule has 2 nitrogen and oxygen atoms in total. The monoisotopic (exact) mass is 256 g/mol. The van der Waals surface area contributed by atoms with E-state index in [9.17, 15) is 4.79 Å². The van der Waals surface area contributed by atoms with E-state index in [0.717, 1.165) is 17.5 Å². The fourth-order valence-corrected chi connectivity index (χ4v) is 1.90. The second kappa shape index (κ2) is 5.15. The maximum Gasteiger partial charge on any atom is 0.307 e. The third kappa shape index (κ3) is 2.84. The Bertz CT molecular complexity index is 334. The van der Waals surface area contributed by atoms with E-state index in [1.165, 1.54) is 5.56 Å². The van der Waals surface area contributed by atoms with Crippen LogP contribution in [0.5, 0.6) is 0 Å². The first kappa shape index (κ1) is 11.2. The van der Waals surface area contributed by atoms with Crippen LogP contribution in [0.25, 0.3) is 0 Å². The first-order valence-electron chi connectivity index (χ1n) is 4.55. The first-order valence-corrected chi connectivity index (χ1v) is 5.68. The fourth-order valence-electron chi connectivity index (χ4n) is 1.36. The first-order chi connectivity index (χ1) is 6.67. The van der Waals surface area contributed by atoms with Gasteiger partial charge in [0.25, 0.3) is 0 Å². The number of aliphatic carboxylic acids is 1. The van der Waals surface area contributed by atoms with Crippen molar-refractivity contribution in [3.63, 3.8) is 0 Å². The van der Waals surface area contributed by atoms with Gasteiger partial charge in [0.15, 0.2) is 0 Å². The van der Waals surface area contributed by atoms with Crippen LogP contribution in [0, 0.1) is 0 Å². The maximum absolute atomic E-state index is 10.6. The summed E-state index contributed by atoms with van der Waals surface area (Å²) in [5.74, 6) is -0.777. The van der Waals surface area contributed by atoms with Crippen molar-refractivity contribution < 1.29 is 9.90 Å².